The summed E-state index contributed by atoms with van der Waals surface area (Å²) in [6.07, 6.45) is 1.61. The summed E-state index contributed by atoms with van der Waals surface area (Å²) in [5, 5.41) is 8.52. The molecule has 0 aromatic rings. The fraction of sp³-hybridized carbons (Fsp3) is 0.667. The van der Waals surface area contributed by atoms with Gasteiger partial charge >= 0.3 is 5.97 Å². The molecule has 70 valence electrons. The van der Waals surface area contributed by atoms with Crippen LogP contribution in [0.5, 0.6) is 0 Å². The fourth-order valence-corrected chi connectivity index (χ4v) is 2.18. The highest BCUT2D eigenvalue weighted by Crippen LogP contribution is 2.15. The lowest BCUT2D eigenvalue weighted by molar-refractivity contribution is -0.132. The lowest BCUT2D eigenvalue weighted by Crippen LogP contribution is -2.18. The second kappa shape index (κ2) is 4.45. The van der Waals surface area contributed by atoms with Gasteiger partial charge in [-0.25, -0.2) is 4.79 Å². The maximum absolute atomic E-state index is 10.4. The molecule has 2 nitrogen and oxygen atoms in total. The molecule has 0 aromatic heterocycles. The number of hydrogen-bond donors (Lipinski definition) is 1. The van der Waals surface area contributed by atoms with Crippen LogP contribution in [0.1, 0.15) is 12.8 Å². The summed E-state index contributed by atoms with van der Waals surface area (Å²) in [5.41, 5.74) is 0.341. The number of carbonyl (C=O) groups is 1. The third-order valence-electron chi connectivity index (χ3n) is 1.71. The molecule has 0 heterocycles. The minimum Gasteiger partial charge on any atom is -0.478 e. The Morgan fingerprint density at radius 1 is 1.42 bits per heavy atom. The molecule has 0 saturated carbocycles. The molecule has 0 bridgehead atoms. The summed E-state index contributed by atoms with van der Waals surface area (Å²) in [4.78, 5) is 10.4. The Labute approximate surface area is 75.3 Å². The van der Waals surface area contributed by atoms with Gasteiger partial charge in [-0.15, -0.1) is 0 Å². The zero-order valence-electron chi connectivity index (χ0n) is 8.18. The first kappa shape index (κ1) is 11.4. The molecule has 0 fully saturated rings. The van der Waals surface area contributed by atoms with Crippen molar-refractivity contribution < 1.29 is 9.90 Å². The molecule has 0 aliphatic carbocycles. The first-order valence-corrected chi connectivity index (χ1v) is 7.95. The molecule has 0 rings (SSSR count). The predicted octanol–water partition coefficient (Wildman–Crippen LogP) is 2.75. The van der Waals surface area contributed by atoms with Gasteiger partial charge in [0.05, 0.1) is 0 Å². The van der Waals surface area contributed by atoms with E-state index in [-0.39, 0.29) is 0 Å². The molecule has 0 saturated heterocycles. The van der Waals surface area contributed by atoms with Crippen LogP contribution in [0.2, 0.25) is 25.7 Å². The van der Waals surface area contributed by atoms with E-state index in [9.17, 15) is 4.79 Å². The van der Waals surface area contributed by atoms with Crippen LogP contribution >= 0.6 is 0 Å². The summed E-state index contributed by atoms with van der Waals surface area (Å²) >= 11 is 0. The normalized spacial score (nSPS) is 11.2. The first-order valence-electron chi connectivity index (χ1n) is 4.24. The Balaban J connectivity index is 3.58. The van der Waals surface area contributed by atoms with E-state index in [0.717, 1.165) is 6.42 Å². The van der Waals surface area contributed by atoms with Crippen LogP contribution in [0.25, 0.3) is 0 Å². The number of carboxylic acids is 1. The van der Waals surface area contributed by atoms with Crippen LogP contribution in [0.4, 0.5) is 0 Å². The highest BCUT2D eigenvalue weighted by molar-refractivity contribution is 6.76. The second-order valence-corrected chi connectivity index (χ2v) is 9.94. The van der Waals surface area contributed by atoms with Gasteiger partial charge in [0.1, 0.15) is 0 Å². The van der Waals surface area contributed by atoms with E-state index in [0.29, 0.717) is 12.0 Å². The van der Waals surface area contributed by atoms with Gasteiger partial charge in [0.2, 0.25) is 0 Å². The molecule has 12 heavy (non-hydrogen) atoms. The smallest absolute Gasteiger partial charge is 0.330 e. The third-order valence-corrected chi connectivity index (χ3v) is 3.56. The number of carboxylic acid groups (broad SMARTS) is 1. The van der Waals surface area contributed by atoms with E-state index in [2.05, 4.69) is 26.2 Å². The minimum atomic E-state index is -0.993. The van der Waals surface area contributed by atoms with Crippen LogP contribution in [0.15, 0.2) is 12.2 Å². The molecular formula is C9H18O2Si. The van der Waals surface area contributed by atoms with Crippen molar-refractivity contribution >= 4 is 14.0 Å². The zero-order chi connectivity index (χ0) is 9.78. The molecule has 0 unspecified atom stereocenters. The van der Waals surface area contributed by atoms with Crippen LogP contribution in [-0.2, 0) is 4.79 Å². The van der Waals surface area contributed by atoms with E-state index >= 15 is 0 Å². The van der Waals surface area contributed by atoms with Crippen molar-refractivity contribution in [2.24, 2.45) is 0 Å². The summed E-state index contributed by atoms with van der Waals surface area (Å²) in [5.74, 6) is -0.856. The minimum absolute atomic E-state index is 0.341. The van der Waals surface area contributed by atoms with Crippen LogP contribution in [-0.4, -0.2) is 19.1 Å². The van der Waals surface area contributed by atoms with Crippen molar-refractivity contribution in [1.29, 1.82) is 0 Å². The molecule has 0 aromatic carbocycles. The summed E-state index contributed by atoms with van der Waals surface area (Å²) in [6.45, 7) is 10.4. The quantitative estimate of drug-likeness (QED) is 0.529. The number of hydrogen-bond acceptors (Lipinski definition) is 1. The zero-order valence-corrected chi connectivity index (χ0v) is 9.18. The Bertz CT molecular complexity index is 179. The van der Waals surface area contributed by atoms with Gasteiger partial charge in [0.25, 0.3) is 0 Å². The van der Waals surface area contributed by atoms with Crippen molar-refractivity contribution in [3.8, 4) is 0 Å². The molecule has 3 heteroatoms. The maximum atomic E-state index is 10.4. The monoisotopic (exact) mass is 186 g/mol. The van der Waals surface area contributed by atoms with Crippen LogP contribution in [0, 0.1) is 0 Å². The van der Waals surface area contributed by atoms with Crippen molar-refractivity contribution in [1.82, 2.24) is 0 Å². The Kier molecular flexibility index (Phi) is 4.24. The van der Waals surface area contributed by atoms with E-state index in [1.807, 2.05) is 0 Å². The third kappa shape index (κ3) is 6.16. The Morgan fingerprint density at radius 2 is 1.92 bits per heavy atom. The fourth-order valence-electron chi connectivity index (χ4n) is 0.939. The van der Waals surface area contributed by atoms with Gasteiger partial charge in [0.15, 0.2) is 0 Å². The molecule has 1 N–H and O–H groups in total. The summed E-state index contributed by atoms with van der Waals surface area (Å²) < 4.78 is 0. The maximum Gasteiger partial charge on any atom is 0.330 e. The second-order valence-electron chi connectivity index (χ2n) is 4.32. The molecule has 0 radical (unpaired) electrons. The standard InChI is InChI=1S/C9H18O2Si/c1-8(9(10)11)6-5-7-12(2,3)4/h1,5-7H2,2-4H3,(H,10,11). The van der Waals surface area contributed by atoms with Gasteiger partial charge < -0.3 is 5.11 Å². The number of aliphatic carboxylic acids is 1. The van der Waals surface area contributed by atoms with Crippen LogP contribution < -0.4 is 0 Å². The molecule has 0 atom stereocenters. The Morgan fingerprint density at radius 3 is 2.25 bits per heavy atom. The number of rotatable bonds is 5. The highest BCUT2D eigenvalue weighted by atomic mass is 28.3. The van der Waals surface area contributed by atoms with Crippen LogP contribution in [0.3, 0.4) is 0 Å². The predicted molar refractivity (Wildman–Crippen MR) is 54.2 cm³/mol. The average molecular weight is 186 g/mol. The van der Waals surface area contributed by atoms with E-state index in [4.69, 9.17) is 5.11 Å². The highest BCUT2D eigenvalue weighted by Gasteiger charge is 2.13. The van der Waals surface area contributed by atoms with E-state index < -0.39 is 14.0 Å². The van der Waals surface area contributed by atoms with Gasteiger partial charge in [-0.3, -0.25) is 0 Å². The molecule has 0 aliphatic heterocycles. The SMILES string of the molecule is C=C(CCC[Si](C)(C)C)C(=O)O. The topological polar surface area (TPSA) is 37.3 Å². The lowest BCUT2D eigenvalue weighted by atomic mass is 10.2. The van der Waals surface area contributed by atoms with Crippen molar-refractivity contribution in [2.75, 3.05) is 0 Å². The van der Waals surface area contributed by atoms with E-state index in [1.54, 1.807) is 0 Å². The van der Waals surface area contributed by atoms with Gasteiger partial charge in [-0.05, 0) is 6.42 Å². The molecule has 0 amide bonds. The Hall–Kier alpha value is -0.573. The van der Waals surface area contributed by atoms with Crippen molar-refractivity contribution in [2.45, 2.75) is 38.5 Å². The van der Waals surface area contributed by atoms with Gasteiger partial charge in [0, 0.05) is 13.6 Å². The lowest BCUT2D eigenvalue weighted by Gasteiger charge is -2.14. The largest absolute Gasteiger partial charge is 0.478 e. The van der Waals surface area contributed by atoms with Gasteiger partial charge in [-0.2, -0.15) is 0 Å². The summed E-state index contributed by atoms with van der Waals surface area (Å²) in [7, 11) is -0.993. The summed E-state index contributed by atoms with van der Waals surface area (Å²) in [6, 6.07) is 1.18. The van der Waals surface area contributed by atoms with E-state index in [1.165, 1.54) is 6.04 Å². The van der Waals surface area contributed by atoms with Crippen molar-refractivity contribution in [3.63, 3.8) is 0 Å². The molecular weight excluding hydrogens is 168 g/mol. The van der Waals surface area contributed by atoms with Crippen molar-refractivity contribution in [3.05, 3.63) is 12.2 Å². The molecule has 0 spiro atoms. The van der Waals surface area contributed by atoms with Gasteiger partial charge in [-0.1, -0.05) is 38.7 Å². The molecule has 0 aliphatic rings. The average Bonchev–Trinajstić information content (AvgIpc) is 1.84. The first-order chi connectivity index (χ1) is 5.33.